The van der Waals surface area contributed by atoms with Crippen molar-refractivity contribution in [3.8, 4) is 5.75 Å². The predicted octanol–water partition coefficient (Wildman–Crippen LogP) is 3.64. The number of hydrogen-bond donors (Lipinski definition) is 2. The Labute approximate surface area is 132 Å². The monoisotopic (exact) mass is 324 g/mol. The quantitative estimate of drug-likeness (QED) is 0.882. The molecule has 1 atom stereocenters. The lowest BCUT2D eigenvalue weighted by atomic mass is 10.1. The van der Waals surface area contributed by atoms with Gasteiger partial charge in [0, 0.05) is 21.3 Å². The van der Waals surface area contributed by atoms with E-state index >= 15 is 0 Å². The number of carbonyl (C=O) groups excluding carboxylic acids is 1. The third-order valence-corrected chi connectivity index (χ3v) is 3.52. The van der Waals surface area contributed by atoms with Gasteiger partial charge in [0.15, 0.2) is 0 Å². The standard InChI is InChI=1S/C15H14Cl2N2O2/c1-21-11-5-3-10(4-6-11)19-14(15(18)20)12-7-2-9(16)8-13(12)17/h2-8,14,19H,1H3,(H2,18,20). The molecular formula is C15H14Cl2N2O2. The highest BCUT2D eigenvalue weighted by molar-refractivity contribution is 6.35. The third kappa shape index (κ3) is 3.80. The first-order chi connectivity index (χ1) is 10.0. The van der Waals surface area contributed by atoms with Crippen LogP contribution in [-0.4, -0.2) is 13.0 Å². The van der Waals surface area contributed by atoms with Gasteiger partial charge < -0.3 is 15.8 Å². The van der Waals surface area contributed by atoms with Crippen molar-refractivity contribution in [1.29, 1.82) is 0 Å². The highest BCUT2D eigenvalue weighted by Gasteiger charge is 2.20. The largest absolute Gasteiger partial charge is 0.497 e. The molecule has 110 valence electrons. The Morgan fingerprint density at radius 3 is 2.38 bits per heavy atom. The van der Waals surface area contributed by atoms with Crippen LogP contribution in [0, 0.1) is 0 Å². The van der Waals surface area contributed by atoms with Crippen LogP contribution in [0.3, 0.4) is 0 Å². The van der Waals surface area contributed by atoms with Crippen molar-refractivity contribution < 1.29 is 9.53 Å². The van der Waals surface area contributed by atoms with Crippen LogP contribution in [0.2, 0.25) is 10.0 Å². The average Bonchev–Trinajstić information content (AvgIpc) is 2.46. The molecule has 21 heavy (non-hydrogen) atoms. The van der Waals surface area contributed by atoms with E-state index in [2.05, 4.69) is 5.32 Å². The van der Waals surface area contributed by atoms with Gasteiger partial charge in [0.05, 0.1) is 7.11 Å². The first-order valence-electron chi connectivity index (χ1n) is 6.16. The Hall–Kier alpha value is -1.91. The molecule has 0 heterocycles. The van der Waals surface area contributed by atoms with Gasteiger partial charge in [0.2, 0.25) is 5.91 Å². The van der Waals surface area contributed by atoms with E-state index in [0.29, 0.717) is 15.6 Å². The van der Waals surface area contributed by atoms with E-state index in [0.717, 1.165) is 11.4 Å². The number of primary amides is 1. The molecule has 0 spiro atoms. The molecule has 0 saturated carbocycles. The molecule has 2 aromatic rings. The SMILES string of the molecule is COc1ccc(NC(C(N)=O)c2ccc(Cl)cc2Cl)cc1. The van der Waals surface area contributed by atoms with Gasteiger partial charge in [0.1, 0.15) is 11.8 Å². The Kier molecular flexibility index (Phi) is 4.94. The normalized spacial score (nSPS) is 11.8. The predicted molar refractivity (Wildman–Crippen MR) is 85.0 cm³/mol. The molecule has 0 fully saturated rings. The summed E-state index contributed by atoms with van der Waals surface area (Å²) in [4.78, 5) is 11.7. The Morgan fingerprint density at radius 2 is 1.86 bits per heavy atom. The first-order valence-corrected chi connectivity index (χ1v) is 6.91. The van der Waals surface area contributed by atoms with Gasteiger partial charge in [-0.15, -0.1) is 0 Å². The lowest BCUT2D eigenvalue weighted by Gasteiger charge is -2.18. The number of ether oxygens (including phenoxy) is 1. The molecule has 3 N–H and O–H groups in total. The van der Waals surface area contributed by atoms with E-state index < -0.39 is 11.9 Å². The molecular weight excluding hydrogens is 311 g/mol. The summed E-state index contributed by atoms with van der Waals surface area (Å²) >= 11 is 12.0. The topological polar surface area (TPSA) is 64.3 Å². The number of carbonyl (C=O) groups is 1. The maximum Gasteiger partial charge on any atom is 0.244 e. The lowest BCUT2D eigenvalue weighted by molar-refractivity contribution is -0.118. The number of nitrogens with one attached hydrogen (secondary N) is 1. The molecule has 0 aliphatic carbocycles. The summed E-state index contributed by atoms with van der Waals surface area (Å²) in [6.07, 6.45) is 0. The van der Waals surface area contributed by atoms with Crippen LogP contribution >= 0.6 is 23.2 Å². The number of benzene rings is 2. The number of methoxy groups -OCH3 is 1. The summed E-state index contributed by atoms with van der Waals surface area (Å²) in [5, 5.41) is 3.93. The van der Waals surface area contributed by atoms with Gasteiger partial charge in [-0.05, 0) is 36.4 Å². The van der Waals surface area contributed by atoms with Gasteiger partial charge in [-0.1, -0.05) is 29.3 Å². The van der Waals surface area contributed by atoms with Gasteiger partial charge in [-0.3, -0.25) is 4.79 Å². The minimum atomic E-state index is -0.747. The zero-order valence-corrected chi connectivity index (χ0v) is 12.8. The summed E-state index contributed by atoms with van der Waals surface area (Å²) in [5.41, 5.74) is 6.76. The van der Waals surface area contributed by atoms with Crippen molar-refractivity contribution in [2.75, 3.05) is 12.4 Å². The molecule has 0 saturated heterocycles. The third-order valence-electron chi connectivity index (χ3n) is 2.96. The van der Waals surface area contributed by atoms with Crippen molar-refractivity contribution in [2.24, 2.45) is 5.73 Å². The van der Waals surface area contributed by atoms with Gasteiger partial charge in [-0.2, -0.15) is 0 Å². The van der Waals surface area contributed by atoms with Crippen LogP contribution in [0.5, 0.6) is 5.75 Å². The van der Waals surface area contributed by atoms with Crippen LogP contribution in [0.15, 0.2) is 42.5 Å². The second-order valence-corrected chi connectivity index (χ2v) is 5.22. The van der Waals surface area contributed by atoms with E-state index in [1.807, 2.05) is 0 Å². The Balaban J connectivity index is 2.28. The second kappa shape index (κ2) is 6.70. The Bertz CT molecular complexity index is 645. The first kappa shape index (κ1) is 15.5. The smallest absolute Gasteiger partial charge is 0.244 e. The fraction of sp³-hybridized carbons (Fsp3) is 0.133. The molecule has 1 amide bonds. The fourth-order valence-corrected chi connectivity index (χ4v) is 2.41. The zero-order valence-electron chi connectivity index (χ0n) is 11.3. The summed E-state index contributed by atoms with van der Waals surface area (Å²) < 4.78 is 5.08. The summed E-state index contributed by atoms with van der Waals surface area (Å²) in [6, 6.07) is 11.3. The van der Waals surface area contributed by atoms with Crippen LogP contribution in [0.4, 0.5) is 5.69 Å². The minimum Gasteiger partial charge on any atom is -0.497 e. The molecule has 2 aromatic carbocycles. The number of nitrogens with two attached hydrogens (primary N) is 1. The lowest BCUT2D eigenvalue weighted by Crippen LogP contribution is -2.28. The maximum atomic E-state index is 11.7. The maximum absolute atomic E-state index is 11.7. The van der Waals surface area contributed by atoms with Crippen LogP contribution in [-0.2, 0) is 4.79 Å². The number of hydrogen-bond acceptors (Lipinski definition) is 3. The van der Waals surface area contributed by atoms with E-state index in [4.69, 9.17) is 33.7 Å². The van der Waals surface area contributed by atoms with Crippen molar-refractivity contribution in [2.45, 2.75) is 6.04 Å². The molecule has 0 aromatic heterocycles. The second-order valence-electron chi connectivity index (χ2n) is 4.37. The molecule has 0 radical (unpaired) electrons. The highest BCUT2D eigenvalue weighted by atomic mass is 35.5. The van der Waals surface area contributed by atoms with E-state index in [1.165, 1.54) is 0 Å². The van der Waals surface area contributed by atoms with E-state index in [1.54, 1.807) is 49.6 Å². The van der Waals surface area contributed by atoms with Gasteiger partial charge in [-0.25, -0.2) is 0 Å². The van der Waals surface area contributed by atoms with Crippen molar-refractivity contribution in [1.82, 2.24) is 0 Å². The van der Waals surface area contributed by atoms with Crippen LogP contribution in [0.25, 0.3) is 0 Å². The summed E-state index contributed by atoms with van der Waals surface area (Å²) in [6.45, 7) is 0. The molecule has 0 aliphatic heterocycles. The highest BCUT2D eigenvalue weighted by Crippen LogP contribution is 2.29. The number of rotatable bonds is 5. The summed E-state index contributed by atoms with van der Waals surface area (Å²) in [5.74, 6) is 0.191. The Morgan fingerprint density at radius 1 is 1.19 bits per heavy atom. The molecule has 0 aliphatic rings. The zero-order chi connectivity index (χ0) is 15.4. The van der Waals surface area contributed by atoms with Crippen molar-refractivity contribution in [3.05, 3.63) is 58.1 Å². The van der Waals surface area contributed by atoms with Crippen LogP contribution in [0.1, 0.15) is 11.6 Å². The molecule has 0 bridgehead atoms. The van der Waals surface area contributed by atoms with Crippen LogP contribution < -0.4 is 15.8 Å². The van der Waals surface area contributed by atoms with E-state index in [-0.39, 0.29) is 0 Å². The number of halogens is 2. The number of amides is 1. The molecule has 1 unspecified atom stereocenters. The fourth-order valence-electron chi connectivity index (χ4n) is 1.89. The van der Waals surface area contributed by atoms with Crippen molar-refractivity contribution in [3.63, 3.8) is 0 Å². The minimum absolute atomic E-state index is 0.382. The summed E-state index contributed by atoms with van der Waals surface area (Å²) in [7, 11) is 1.59. The van der Waals surface area contributed by atoms with Gasteiger partial charge in [0.25, 0.3) is 0 Å². The number of anilines is 1. The van der Waals surface area contributed by atoms with Crippen molar-refractivity contribution >= 4 is 34.8 Å². The molecule has 4 nitrogen and oxygen atoms in total. The van der Waals surface area contributed by atoms with Gasteiger partial charge >= 0.3 is 0 Å². The molecule has 6 heteroatoms. The molecule has 2 rings (SSSR count). The van der Waals surface area contributed by atoms with E-state index in [9.17, 15) is 4.79 Å². The average molecular weight is 325 g/mol.